The largest absolute Gasteiger partial charge is 0.324 e. The summed E-state index contributed by atoms with van der Waals surface area (Å²) < 4.78 is 13.0. The molecule has 0 saturated heterocycles. The van der Waals surface area contributed by atoms with E-state index in [4.69, 9.17) is 17.3 Å². The van der Waals surface area contributed by atoms with Gasteiger partial charge in [0.2, 0.25) is 0 Å². The number of unbranched alkanes of at least 4 members (excludes halogenated alkanes) is 2. The zero-order valence-corrected chi connectivity index (χ0v) is 11.0. The van der Waals surface area contributed by atoms with E-state index in [0.717, 1.165) is 25.7 Å². The third-order valence-electron chi connectivity index (χ3n) is 2.48. The van der Waals surface area contributed by atoms with E-state index in [9.17, 15) is 4.39 Å². The van der Waals surface area contributed by atoms with Crippen LogP contribution in [0, 0.1) is 5.82 Å². The van der Waals surface area contributed by atoms with Crippen LogP contribution in [0.5, 0.6) is 0 Å². The third-order valence-corrected chi connectivity index (χ3v) is 2.82. The quantitative estimate of drug-likeness (QED) is 0.781. The monoisotopic (exact) mass is 265 g/mol. The van der Waals surface area contributed by atoms with Crippen molar-refractivity contribution in [2.24, 2.45) is 5.73 Å². The predicted octanol–water partition coefficient (Wildman–Crippen LogP) is 4.48. The number of hydrogen-bond donors (Lipinski definition) is 1. The van der Waals surface area contributed by atoms with Crippen LogP contribution in [0.1, 0.15) is 44.2 Å². The van der Waals surface area contributed by atoms with E-state index in [1.807, 2.05) is 0 Å². The average molecular weight is 266 g/mol. The average Bonchev–Trinajstić information content (AvgIpc) is 2.22. The Hall–Kier alpha value is -0.310. The number of rotatable bonds is 5. The van der Waals surface area contributed by atoms with Crippen LogP contribution in [0.2, 0.25) is 5.02 Å². The molecule has 0 heterocycles. The standard InChI is InChI=1S/C12H17ClFN.ClH/c1-2-3-4-5-12(15)10-8-9(14)6-7-11(10)13;/h6-8,12H,2-5,15H2,1H3;1H/t12-;/m0./s1. The first-order valence-electron chi connectivity index (χ1n) is 5.35. The van der Waals surface area contributed by atoms with Crippen molar-refractivity contribution in [3.8, 4) is 0 Å². The summed E-state index contributed by atoms with van der Waals surface area (Å²) in [5.41, 5.74) is 6.67. The lowest BCUT2D eigenvalue weighted by molar-refractivity contribution is 0.572. The summed E-state index contributed by atoms with van der Waals surface area (Å²) in [5.74, 6) is -0.277. The molecule has 1 atom stereocenters. The topological polar surface area (TPSA) is 26.0 Å². The van der Waals surface area contributed by atoms with Crippen LogP contribution in [-0.4, -0.2) is 0 Å². The first-order valence-corrected chi connectivity index (χ1v) is 5.73. The fourth-order valence-corrected chi connectivity index (χ4v) is 1.83. The molecule has 0 spiro atoms. The molecule has 92 valence electrons. The van der Waals surface area contributed by atoms with Gasteiger partial charge in [-0.05, 0) is 30.2 Å². The highest BCUT2D eigenvalue weighted by Gasteiger charge is 2.10. The lowest BCUT2D eigenvalue weighted by Gasteiger charge is -2.13. The molecule has 0 aromatic heterocycles. The van der Waals surface area contributed by atoms with Crippen LogP contribution in [0.4, 0.5) is 4.39 Å². The van der Waals surface area contributed by atoms with Gasteiger partial charge in [0.1, 0.15) is 5.82 Å². The lowest BCUT2D eigenvalue weighted by Crippen LogP contribution is -2.11. The first-order chi connectivity index (χ1) is 7.15. The van der Waals surface area contributed by atoms with Gasteiger partial charge in [0.25, 0.3) is 0 Å². The van der Waals surface area contributed by atoms with Gasteiger partial charge in [0.15, 0.2) is 0 Å². The van der Waals surface area contributed by atoms with Gasteiger partial charge in [-0.3, -0.25) is 0 Å². The second-order valence-corrected chi connectivity index (χ2v) is 4.18. The molecule has 0 unspecified atom stereocenters. The van der Waals surface area contributed by atoms with Gasteiger partial charge >= 0.3 is 0 Å². The minimum Gasteiger partial charge on any atom is -0.324 e. The lowest BCUT2D eigenvalue weighted by atomic mass is 10.0. The second kappa shape index (κ2) is 7.88. The van der Waals surface area contributed by atoms with Crippen molar-refractivity contribution in [2.45, 2.75) is 38.6 Å². The summed E-state index contributed by atoms with van der Waals surface area (Å²) in [6.07, 6.45) is 4.23. The van der Waals surface area contributed by atoms with E-state index < -0.39 is 0 Å². The molecule has 1 aromatic carbocycles. The van der Waals surface area contributed by atoms with Crippen LogP contribution in [0.15, 0.2) is 18.2 Å². The summed E-state index contributed by atoms with van der Waals surface area (Å²) in [5, 5.41) is 0.556. The van der Waals surface area contributed by atoms with Gasteiger partial charge in [0, 0.05) is 11.1 Å². The van der Waals surface area contributed by atoms with Crippen molar-refractivity contribution in [2.75, 3.05) is 0 Å². The fraction of sp³-hybridized carbons (Fsp3) is 0.500. The molecule has 1 aromatic rings. The maximum Gasteiger partial charge on any atom is 0.123 e. The second-order valence-electron chi connectivity index (χ2n) is 3.77. The van der Waals surface area contributed by atoms with Crippen molar-refractivity contribution < 1.29 is 4.39 Å². The normalized spacial score (nSPS) is 12.0. The van der Waals surface area contributed by atoms with Gasteiger partial charge in [-0.2, -0.15) is 0 Å². The molecule has 4 heteroatoms. The molecule has 0 bridgehead atoms. The SMILES string of the molecule is CCCCC[C@H](N)c1cc(F)ccc1Cl.Cl. The van der Waals surface area contributed by atoms with Crippen molar-refractivity contribution in [1.29, 1.82) is 0 Å². The number of halogens is 3. The predicted molar refractivity (Wildman–Crippen MR) is 69.7 cm³/mol. The molecule has 0 fully saturated rings. The van der Waals surface area contributed by atoms with Crippen LogP contribution in [0.25, 0.3) is 0 Å². The first kappa shape index (κ1) is 15.7. The Morgan fingerprint density at radius 2 is 2.06 bits per heavy atom. The number of hydrogen-bond acceptors (Lipinski definition) is 1. The van der Waals surface area contributed by atoms with Crippen molar-refractivity contribution >= 4 is 24.0 Å². The molecule has 2 N–H and O–H groups in total. The molecule has 0 aliphatic carbocycles. The Morgan fingerprint density at radius 3 is 2.69 bits per heavy atom. The summed E-state index contributed by atoms with van der Waals surface area (Å²) in [6.45, 7) is 2.14. The summed E-state index contributed by atoms with van der Waals surface area (Å²) >= 11 is 5.96. The van der Waals surface area contributed by atoms with Crippen molar-refractivity contribution in [1.82, 2.24) is 0 Å². The van der Waals surface area contributed by atoms with Crippen LogP contribution in [0.3, 0.4) is 0 Å². The fourth-order valence-electron chi connectivity index (χ4n) is 1.57. The molecule has 0 aliphatic rings. The maximum absolute atomic E-state index is 13.0. The van der Waals surface area contributed by atoms with Gasteiger partial charge in [0.05, 0.1) is 0 Å². The molecule has 0 radical (unpaired) electrons. The molecule has 0 amide bonds. The van der Waals surface area contributed by atoms with Gasteiger partial charge in [-0.25, -0.2) is 4.39 Å². The molecule has 1 nitrogen and oxygen atoms in total. The maximum atomic E-state index is 13.0. The third kappa shape index (κ3) is 4.69. The van der Waals surface area contributed by atoms with Crippen LogP contribution >= 0.6 is 24.0 Å². The highest BCUT2D eigenvalue weighted by Crippen LogP contribution is 2.25. The van der Waals surface area contributed by atoms with Crippen LogP contribution in [-0.2, 0) is 0 Å². The Bertz CT molecular complexity index is 318. The van der Waals surface area contributed by atoms with E-state index in [1.165, 1.54) is 12.1 Å². The summed E-state index contributed by atoms with van der Waals surface area (Å²) in [4.78, 5) is 0. The van der Waals surface area contributed by atoms with Crippen molar-refractivity contribution in [3.05, 3.63) is 34.6 Å². The van der Waals surface area contributed by atoms with E-state index in [-0.39, 0.29) is 24.3 Å². The summed E-state index contributed by atoms with van der Waals surface area (Å²) in [6, 6.07) is 4.19. The van der Waals surface area contributed by atoms with Gasteiger partial charge in [-0.1, -0.05) is 37.8 Å². The molecule has 16 heavy (non-hydrogen) atoms. The summed E-state index contributed by atoms with van der Waals surface area (Å²) in [7, 11) is 0. The Labute approximate surface area is 108 Å². The van der Waals surface area contributed by atoms with E-state index >= 15 is 0 Å². The highest BCUT2D eigenvalue weighted by atomic mass is 35.5. The molecular weight excluding hydrogens is 248 g/mol. The zero-order chi connectivity index (χ0) is 11.3. The number of nitrogens with two attached hydrogens (primary N) is 1. The van der Waals surface area contributed by atoms with E-state index in [0.29, 0.717) is 10.6 Å². The minimum atomic E-state index is -0.277. The molecule has 0 saturated carbocycles. The Balaban J connectivity index is 0.00000225. The minimum absolute atomic E-state index is 0. The molecule has 0 aliphatic heterocycles. The van der Waals surface area contributed by atoms with E-state index in [2.05, 4.69) is 6.92 Å². The van der Waals surface area contributed by atoms with Crippen molar-refractivity contribution in [3.63, 3.8) is 0 Å². The molecular formula is C12H18Cl2FN. The van der Waals surface area contributed by atoms with E-state index in [1.54, 1.807) is 6.07 Å². The van der Waals surface area contributed by atoms with Gasteiger partial charge in [-0.15, -0.1) is 12.4 Å². The van der Waals surface area contributed by atoms with Crippen LogP contribution < -0.4 is 5.73 Å². The smallest absolute Gasteiger partial charge is 0.123 e. The Kier molecular flexibility index (Phi) is 7.73. The van der Waals surface area contributed by atoms with Gasteiger partial charge < -0.3 is 5.73 Å². The molecule has 1 rings (SSSR count). The Morgan fingerprint density at radius 1 is 1.38 bits per heavy atom. The number of benzene rings is 1. The zero-order valence-electron chi connectivity index (χ0n) is 9.38. The highest BCUT2D eigenvalue weighted by molar-refractivity contribution is 6.31.